The number of aliphatic imine (C=N–C) groups is 1. The van der Waals surface area contributed by atoms with Gasteiger partial charge in [-0.1, -0.05) is 6.07 Å². The molecule has 0 amide bonds. The maximum absolute atomic E-state index is 14.0. The summed E-state index contributed by atoms with van der Waals surface area (Å²) >= 11 is 0. The van der Waals surface area contributed by atoms with Gasteiger partial charge < -0.3 is 10.6 Å². The smallest absolute Gasteiger partial charge is 0.191 e. The highest BCUT2D eigenvalue weighted by atomic mass is 127. The predicted molar refractivity (Wildman–Crippen MR) is 114 cm³/mol. The van der Waals surface area contributed by atoms with Crippen LogP contribution in [0.5, 0.6) is 0 Å². The highest BCUT2D eigenvalue weighted by Crippen LogP contribution is 2.43. The van der Waals surface area contributed by atoms with Crippen LogP contribution in [0.15, 0.2) is 23.2 Å². The van der Waals surface area contributed by atoms with Gasteiger partial charge in [0.2, 0.25) is 0 Å². The molecule has 0 spiro atoms. The van der Waals surface area contributed by atoms with Gasteiger partial charge in [0, 0.05) is 36.5 Å². The number of aryl methyl sites for hydroxylation is 2. The molecule has 1 aromatic carbocycles. The van der Waals surface area contributed by atoms with E-state index < -0.39 is 11.6 Å². The van der Waals surface area contributed by atoms with Gasteiger partial charge in [0.15, 0.2) is 5.96 Å². The van der Waals surface area contributed by atoms with Crippen LogP contribution in [0.25, 0.3) is 0 Å². The molecule has 0 saturated heterocycles. The molecule has 2 heterocycles. The van der Waals surface area contributed by atoms with Crippen molar-refractivity contribution in [1.82, 2.24) is 25.4 Å². The third-order valence-electron chi connectivity index (χ3n) is 5.10. The van der Waals surface area contributed by atoms with Gasteiger partial charge >= 0.3 is 0 Å². The first-order valence-electron chi connectivity index (χ1n) is 9.47. The minimum absolute atomic E-state index is 0. The molecule has 2 aromatic rings. The van der Waals surface area contributed by atoms with Gasteiger partial charge in [-0.3, -0.25) is 4.99 Å². The summed E-state index contributed by atoms with van der Waals surface area (Å²) in [5, 5.41) is 11.2. The molecule has 3 atom stereocenters. The fourth-order valence-electron chi connectivity index (χ4n) is 3.75. The quantitative estimate of drug-likeness (QED) is 0.384. The number of nitrogens with one attached hydrogen (secondary N) is 2. The van der Waals surface area contributed by atoms with Gasteiger partial charge in [-0.2, -0.15) is 5.10 Å². The van der Waals surface area contributed by atoms with Crippen LogP contribution in [0, 0.1) is 18.6 Å². The number of guanidine groups is 1. The maximum Gasteiger partial charge on any atom is 0.191 e. The van der Waals surface area contributed by atoms with Crippen LogP contribution in [0.1, 0.15) is 42.9 Å². The Bertz CT molecular complexity index is 848. The van der Waals surface area contributed by atoms with E-state index in [9.17, 15) is 8.78 Å². The summed E-state index contributed by atoms with van der Waals surface area (Å²) in [6.45, 7) is 5.22. The Balaban J connectivity index is 0.00000225. The van der Waals surface area contributed by atoms with E-state index in [0.29, 0.717) is 18.9 Å². The van der Waals surface area contributed by atoms with E-state index in [0.717, 1.165) is 31.0 Å². The van der Waals surface area contributed by atoms with Crippen LogP contribution in [-0.2, 0) is 13.0 Å². The maximum atomic E-state index is 14.0. The van der Waals surface area contributed by atoms with Gasteiger partial charge in [-0.15, -0.1) is 24.0 Å². The molecular weight excluding hydrogens is 477 g/mol. The molecule has 1 aliphatic carbocycles. The number of aromatic nitrogens is 3. The van der Waals surface area contributed by atoms with Crippen molar-refractivity contribution in [2.24, 2.45) is 4.99 Å². The van der Waals surface area contributed by atoms with E-state index in [1.54, 1.807) is 0 Å². The number of halogens is 3. The third kappa shape index (κ3) is 4.44. The number of benzene rings is 1. The zero-order chi connectivity index (χ0) is 19.0. The van der Waals surface area contributed by atoms with E-state index in [1.807, 2.05) is 18.5 Å². The number of nitrogens with zero attached hydrogens (tertiary/aromatic N) is 4. The summed E-state index contributed by atoms with van der Waals surface area (Å²) < 4.78 is 29.9. The van der Waals surface area contributed by atoms with Crippen molar-refractivity contribution in [2.45, 2.75) is 57.7 Å². The molecule has 1 fully saturated rings. The monoisotopic (exact) mass is 502 g/mol. The highest BCUT2D eigenvalue weighted by Gasteiger charge is 2.42. The average molecular weight is 502 g/mol. The SMILES string of the molecule is CCN=C(NC1CCc2nc(C)nn2C1)NC1CC1c1c(F)cccc1F.I. The van der Waals surface area contributed by atoms with Crippen LogP contribution >= 0.6 is 24.0 Å². The van der Waals surface area contributed by atoms with E-state index in [4.69, 9.17) is 0 Å². The van der Waals surface area contributed by atoms with Crippen LogP contribution in [0.2, 0.25) is 0 Å². The molecule has 1 aromatic heterocycles. The summed E-state index contributed by atoms with van der Waals surface area (Å²) in [6, 6.07) is 4.20. The second kappa shape index (κ2) is 8.71. The Hall–Kier alpha value is -1.78. The van der Waals surface area contributed by atoms with Crippen LogP contribution in [-0.4, -0.2) is 39.4 Å². The second-order valence-electron chi connectivity index (χ2n) is 7.19. The Morgan fingerprint density at radius 3 is 2.75 bits per heavy atom. The Morgan fingerprint density at radius 1 is 1.29 bits per heavy atom. The number of hydrogen-bond acceptors (Lipinski definition) is 3. The molecule has 2 aliphatic rings. The molecule has 2 N–H and O–H groups in total. The first kappa shape index (κ1) is 20.9. The largest absolute Gasteiger partial charge is 0.353 e. The average Bonchev–Trinajstić information content (AvgIpc) is 3.24. The first-order valence-corrected chi connectivity index (χ1v) is 9.47. The second-order valence-corrected chi connectivity index (χ2v) is 7.19. The first-order chi connectivity index (χ1) is 13.0. The van der Waals surface area contributed by atoms with Crippen molar-refractivity contribution in [3.05, 3.63) is 47.0 Å². The minimum Gasteiger partial charge on any atom is -0.353 e. The molecular formula is C19H25F2IN6. The van der Waals surface area contributed by atoms with Crippen LogP contribution in [0.3, 0.4) is 0 Å². The number of fused-ring (bicyclic) bond motifs is 1. The van der Waals surface area contributed by atoms with Gasteiger partial charge in [0.1, 0.15) is 23.3 Å². The summed E-state index contributed by atoms with van der Waals surface area (Å²) in [4.78, 5) is 8.92. The van der Waals surface area contributed by atoms with Crippen molar-refractivity contribution in [3.63, 3.8) is 0 Å². The molecule has 152 valence electrons. The van der Waals surface area contributed by atoms with E-state index in [1.165, 1.54) is 18.2 Å². The molecule has 0 radical (unpaired) electrons. The molecule has 3 unspecified atom stereocenters. The summed E-state index contributed by atoms with van der Waals surface area (Å²) in [5.74, 6) is 1.38. The molecule has 1 aliphatic heterocycles. The van der Waals surface area contributed by atoms with E-state index in [-0.39, 0.29) is 47.5 Å². The van der Waals surface area contributed by atoms with Crippen molar-refractivity contribution < 1.29 is 8.78 Å². The molecule has 4 rings (SSSR count). The standard InChI is InChI=1S/C19H24F2N6.HI/c1-3-22-19(24-12-7-8-17-23-11(2)26-27(17)10-12)25-16-9-13(16)18-14(20)5-4-6-15(18)21;/h4-6,12-13,16H,3,7-10H2,1-2H3,(H2,22,24,25);1H. The van der Waals surface area contributed by atoms with Gasteiger partial charge in [-0.05, 0) is 38.8 Å². The molecule has 1 saturated carbocycles. The van der Waals surface area contributed by atoms with Crippen LogP contribution < -0.4 is 10.6 Å². The lowest BCUT2D eigenvalue weighted by molar-refractivity contribution is 0.392. The lowest BCUT2D eigenvalue weighted by atomic mass is 10.1. The predicted octanol–water partition coefficient (Wildman–Crippen LogP) is 2.91. The Labute approximate surface area is 180 Å². The summed E-state index contributed by atoms with van der Waals surface area (Å²) in [7, 11) is 0. The zero-order valence-corrected chi connectivity index (χ0v) is 18.3. The highest BCUT2D eigenvalue weighted by molar-refractivity contribution is 14.0. The van der Waals surface area contributed by atoms with Crippen molar-refractivity contribution >= 4 is 29.9 Å². The lowest BCUT2D eigenvalue weighted by Gasteiger charge is -2.25. The number of rotatable bonds is 4. The summed E-state index contributed by atoms with van der Waals surface area (Å²) in [5.41, 5.74) is 0.172. The van der Waals surface area contributed by atoms with Crippen molar-refractivity contribution in [2.75, 3.05) is 6.54 Å². The third-order valence-corrected chi connectivity index (χ3v) is 5.10. The van der Waals surface area contributed by atoms with E-state index >= 15 is 0 Å². The zero-order valence-electron chi connectivity index (χ0n) is 16.0. The molecule has 9 heteroatoms. The van der Waals surface area contributed by atoms with E-state index in [2.05, 4.69) is 25.7 Å². The Kier molecular flexibility index (Phi) is 6.51. The molecule has 0 bridgehead atoms. The lowest BCUT2D eigenvalue weighted by Crippen LogP contribution is -2.48. The Morgan fingerprint density at radius 2 is 2.04 bits per heavy atom. The molecule has 28 heavy (non-hydrogen) atoms. The summed E-state index contributed by atoms with van der Waals surface area (Å²) in [6.07, 6.45) is 2.50. The number of hydrogen-bond donors (Lipinski definition) is 2. The molecule has 6 nitrogen and oxygen atoms in total. The topological polar surface area (TPSA) is 67.1 Å². The van der Waals surface area contributed by atoms with Gasteiger partial charge in [0.05, 0.1) is 6.54 Å². The minimum atomic E-state index is -0.479. The van der Waals surface area contributed by atoms with Crippen LogP contribution in [0.4, 0.5) is 8.78 Å². The van der Waals surface area contributed by atoms with Crippen molar-refractivity contribution in [3.8, 4) is 0 Å². The van der Waals surface area contributed by atoms with Gasteiger partial charge in [0.25, 0.3) is 0 Å². The van der Waals surface area contributed by atoms with Gasteiger partial charge in [-0.25, -0.2) is 18.4 Å². The fraction of sp³-hybridized carbons (Fsp3) is 0.526. The normalized spacial score (nSPS) is 23.6. The van der Waals surface area contributed by atoms with Crippen molar-refractivity contribution in [1.29, 1.82) is 0 Å². The fourth-order valence-corrected chi connectivity index (χ4v) is 3.75.